The largest absolute Gasteiger partial charge is 0.370 e. The number of benzene rings is 1. The number of hydrogen-bond acceptors (Lipinski definition) is 2. The Bertz CT molecular complexity index is 721. The molecule has 28 heavy (non-hydrogen) atoms. The second kappa shape index (κ2) is 7.64. The van der Waals surface area contributed by atoms with Crippen LogP contribution in [-0.2, 0) is 14.9 Å². The first-order valence-electron chi connectivity index (χ1n) is 11.2. The van der Waals surface area contributed by atoms with Crippen molar-refractivity contribution in [2.45, 2.75) is 31.1 Å². The summed E-state index contributed by atoms with van der Waals surface area (Å²) in [5.41, 5.74) is 0.978. The number of carbonyl (C=O) groups excluding carboxylic acids is 1. The van der Waals surface area contributed by atoms with E-state index in [4.69, 9.17) is 4.74 Å². The standard InChI is InChI=1S/C24H32N2O2/c27-23(24(8-9-24)22-4-2-1-3-5-22)26(11-10-25-12-14-28-15-13-25)18-21-17-19-6-7-20(21)16-19/h1-7,19-21H,8-18H2/p+1/t19-,20+,21-/m1/s1. The van der Waals surface area contributed by atoms with Crippen LogP contribution in [0.25, 0.3) is 0 Å². The molecule has 0 aromatic heterocycles. The van der Waals surface area contributed by atoms with Gasteiger partial charge in [-0.25, -0.2) is 0 Å². The van der Waals surface area contributed by atoms with E-state index in [2.05, 4.69) is 41.3 Å². The number of carbonyl (C=O) groups is 1. The van der Waals surface area contributed by atoms with Crippen LogP contribution < -0.4 is 4.90 Å². The van der Waals surface area contributed by atoms with Gasteiger partial charge < -0.3 is 14.5 Å². The maximum Gasteiger partial charge on any atom is 0.233 e. The van der Waals surface area contributed by atoms with E-state index in [1.165, 1.54) is 18.4 Å². The van der Waals surface area contributed by atoms with E-state index in [-0.39, 0.29) is 5.41 Å². The molecule has 1 saturated heterocycles. The van der Waals surface area contributed by atoms with Crippen molar-refractivity contribution < 1.29 is 14.4 Å². The Morgan fingerprint density at radius 1 is 1.11 bits per heavy atom. The number of fused-ring (bicyclic) bond motifs is 2. The molecule has 1 aromatic carbocycles. The van der Waals surface area contributed by atoms with Crippen LogP contribution in [0.3, 0.4) is 0 Å². The molecular formula is C24H33N2O2+. The average molecular weight is 382 g/mol. The molecule has 1 amide bonds. The molecule has 5 rings (SSSR count). The van der Waals surface area contributed by atoms with E-state index in [9.17, 15) is 4.79 Å². The molecule has 1 aromatic rings. The average Bonchev–Trinajstić information content (AvgIpc) is 3.30. The van der Waals surface area contributed by atoms with Gasteiger partial charge in [-0.05, 0) is 49.0 Å². The van der Waals surface area contributed by atoms with Gasteiger partial charge in [0.25, 0.3) is 0 Å². The molecule has 1 aliphatic heterocycles. The fraction of sp³-hybridized carbons (Fsp3) is 0.625. The molecule has 3 atom stereocenters. The van der Waals surface area contributed by atoms with E-state index in [1.54, 1.807) is 4.90 Å². The van der Waals surface area contributed by atoms with Crippen molar-refractivity contribution in [3.63, 3.8) is 0 Å². The predicted octanol–water partition coefficient (Wildman–Crippen LogP) is 1.67. The molecular weight excluding hydrogens is 348 g/mol. The summed E-state index contributed by atoms with van der Waals surface area (Å²) in [7, 11) is 0. The summed E-state index contributed by atoms with van der Waals surface area (Å²) >= 11 is 0. The zero-order chi connectivity index (χ0) is 19.0. The Morgan fingerprint density at radius 2 is 1.89 bits per heavy atom. The monoisotopic (exact) mass is 381 g/mol. The Balaban J connectivity index is 1.31. The third-order valence-corrected chi connectivity index (χ3v) is 7.58. The lowest BCUT2D eigenvalue weighted by atomic mass is 9.90. The number of rotatable bonds is 7. The number of allylic oxidation sites excluding steroid dienone is 2. The molecule has 3 aliphatic carbocycles. The highest BCUT2D eigenvalue weighted by Crippen LogP contribution is 2.50. The highest BCUT2D eigenvalue weighted by molar-refractivity contribution is 5.91. The number of nitrogens with one attached hydrogen (secondary N) is 1. The number of nitrogens with zero attached hydrogens (tertiary/aromatic N) is 1. The fourth-order valence-electron chi connectivity index (χ4n) is 5.68. The highest BCUT2D eigenvalue weighted by atomic mass is 16.5. The van der Waals surface area contributed by atoms with Crippen LogP contribution in [0, 0.1) is 17.8 Å². The number of morpholine rings is 1. The molecule has 0 spiro atoms. The highest BCUT2D eigenvalue weighted by Gasteiger charge is 2.53. The smallest absolute Gasteiger partial charge is 0.233 e. The van der Waals surface area contributed by atoms with Crippen molar-refractivity contribution in [2.75, 3.05) is 45.9 Å². The van der Waals surface area contributed by atoms with E-state index in [1.807, 2.05) is 6.07 Å². The fourth-order valence-corrected chi connectivity index (χ4v) is 5.68. The maximum atomic E-state index is 13.8. The molecule has 3 fully saturated rings. The summed E-state index contributed by atoms with van der Waals surface area (Å²) in [6, 6.07) is 10.5. The zero-order valence-corrected chi connectivity index (χ0v) is 16.8. The first-order chi connectivity index (χ1) is 13.7. The molecule has 1 heterocycles. The van der Waals surface area contributed by atoms with Crippen molar-refractivity contribution in [1.29, 1.82) is 0 Å². The minimum absolute atomic E-state index is 0.241. The van der Waals surface area contributed by atoms with Gasteiger partial charge in [-0.2, -0.15) is 0 Å². The second-order valence-corrected chi connectivity index (χ2v) is 9.35. The Kier molecular flexibility index (Phi) is 5.02. The minimum Gasteiger partial charge on any atom is -0.370 e. The Hall–Kier alpha value is -1.65. The lowest BCUT2D eigenvalue weighted by Gasteiger charge is -2.33. The summed E-state index contributed by atoms with van der Waals surface area (Å²) in [6.07, 6.45) is 9.41. The Morgan fingerprint density at radius 3 is 2.54 bits per heavy atom. The molecule has 4 heteroatoms. The van der Waals surface area contributed by atoms with Crippen LogP contribution in [-0.4, -0.2) is 56.7 Å². The topological polar surface area (TPSA) is 34.0 Å². The molecule has 2 saturated carbocycles. The van der Waals surface area contributed by atoms with Gasteiger partial charge in [-0.1, -0.05) is 42.5 Å². The van der Waals surface area contributed by atoms with Gasteiger partial charge in [-0.15, -0.1) is 0 Å². The van der Waals surface area contributed by atoms with Crippen molar-refractivity contribution in [2.24, 2.45) is 17.8 Å². The first kappa shape index (κ1) is 18.4. The number of hydrogen-bond donors (Lipinski definition) is 1. The van der Waals surface area contributed by atoms with Crippen molar-refractivity contribution in [3.05, 3.63) is 48.0 Å². The summed E-state index contributed by atoms with van der Waals surface area (Å²) in [6.45, 7) is 6.74. The first-order valence-corrected chi connectivity index (χ1v) is 11.2. The molecule has 150 valence electrons. The van der Waals surface area contributed by atoms with Gasteiger partial charge in [0.2, 0.25) is 5.91 Å². The molecule has 4 aliphatic rings. The second-order valence-electron chi connectivity index (χ2n) is 9.35. The SMILES string of the molecule is O=C(N(CC[NH+]1CCOCC1)C[C@H]1C[C@@H]2C=C[C@H]1C2)C1(c2ccccc2)CC1. The third-order valence-electron chi connectivity index (χ3n) is 7.58. The summed E-state index contributed by atoms with van der Waals surface area (Å²) in [5, 5.41) is 0. The summed E-state index contributed by atoms with van der Waals surface area (Å²) < 4.78 is 5.51. The third kappa shape index (κ3) is 3.53. The minimum atomic E-state index is -0.241. The number of ether oxygens (including phenoxy) is 1. The van der Waals surface area contributed by atoms with Crippen LogP contribution in [0.5, 0.6) is 0 Å². The maximum absolute atomic E-state index is 13.8. The summed E-state index contributed by atoms with van der Waals surface area (Å²) in [4.78, 5) is 17.6. The Labute approximate surface area is 168 Å². The van der Waals surface area contributed by atoms with Gasteiger partial charge in [0.05, 0.1) is 31.7 Å². The van der Waals surface area contributed by atoms with Gasteiger partial charge in [0.15, 0.2) is 0 Å². The van der Waals surface area contributed by atoms with Gasteiger partial charge in [0.1, 0.15) is 13.1 Å². The van der Waals surface area contributed by atoms with Gasteiger partial charge in [-0.3, -0.25) is 4.79 Å². The van der Waals surface area contributed by atoms with Crippen molar-refractivity contribution in [1.82, 2.24) is 4.90 Å². The van der Waals surface area contributed by atoms with Gasteiger partial charge >= 0.3 is 0 Å². The lowest BCUT2D eigenvalue weighted by molar-refractivity contribution is -0.907. The molecule has 0 unspecified atom stereocenters. The molecule has 1 N–H and O–H groups in total. The van der Waals surface area contributed by atoms with E-state index in [0.29, 0.717) is 17.7 Å². The zero-order valence-electron chi connectivity index (χ0n) is 16.8. The number of quaternary nitrogens is 1. The van der Waals surface area contributed by atoms with Gasteiger partial charge in [0, 0.05) is 6.54 Å². The summed E-state index contributed by atoms with van der Waals surface area (Å²) in [5.74, 6) is 2.51. The molecule has 2 bridgehead atoms. The molecule has 4 nitrogen and oxygen atoms in total. The molecule has 0 radical (unpaired) electrons. The van der Waals surface area contributed by atoms with E-state index < -0.39 is 0 Å². The van der Waals surface area contributed by atoms with Crippen LogP contribution in [0.1, 0.15) is 31.2 Å². The van der Waals surface area contributed by atoms with Crippen LogP contribution in [0.15, 0.2) is 42.5 Å². The van der Waals surface area contributed by atoms with Crippen molar-refractivity contribution in [3.8, 4) is 0 Å². The van der Waals surface area contributed by atoms with Crippen LogP contribution in [0.4, 0.5) is 0 Å². The van der Waals surface area contributed by atoms with Crippen LogP contribution in [0.2, 0.25) is 0 Å². The van der Waals surface area contributed by atoms with Crippen molar-refractivity contribution >= 4 is 5.91 Å². The van der Waals surface area contributed by atoms with Crippen LogP contribution >= 0.6 is 0 Å². The lowest BCUT2D eigenvalue weighted by Crippen LogP contribution is -3.14. The van der Waals surface area contributed by atoms with E-state index in [0.717, 1.165) is 64.7 Å². The predicted molar refractivity (Wildman–Crippen MR) is 109 cm³/mol. The van der Waals surface area contributed by atoms with E-state index >= 15 is 0 Å². The normalized spacial score (nSPS) is 30.5. The quantitative estimate of drug-likeness (QED) is 0.729. The number of amides is 1.